The predicted molar refractivity (Wildman–Crippen MR) is 84.3 cm³/mol. The number of rotatable bonds is 2. The number of ether oxygens (including phenoxy) is 1. The molecule has 2 rings (SSSR count). The van der Waals surface area contributed by atoms with E-state index in [2.05, 4.69) is 20.9 Å². The van der Waals surface area contributed by atoms with E-state index in [4.69, 9.17) is 4.74 Å². The fourth-order valence-electron chi connectivity index (χ4n) is 2.88. The minimum atomic E-state index is -0.372. The Kier molecular flexibility index (Phi) is 4.31. The molecule has 0 aliphatic carbocycles. The summed E-state index contributed by atoms with van der Waals surface area (Å²) in [4.78, 5) is 28.5. The van der Waals surface area contributed by atoms with Crippen LogP contribution in [-0.4, -0.2) is 40.1 Å². The molecular weight excluding hydrogens is 336 g/mol. The Hall–Kier alpha value is -1.14. The summed E-state index contributed by atoms with van der Waals surface area (Å²) in [6.45, 7) is 9.04. The summed E-state index contributed by atoms with van der Waals surface area (Å²) < 4.78 is 6.40. The van der Waals surface area contributed by atoms with Gasteiger partial charge in [-0.2, -0.15) is 0 Å². The Morgan fingerprint density at radius 2 is 1.90 bits per heavy atom. The van der Waals surface area contributed by atoms with Gasteiger partial charge in [0.25, 0.3) is 5.56 Å². The van der Waals surface area contributed by atoms with Crippen molar-refractivity contribution in [2.45, 2.75) is 45.3 Å². The minimum Gasteiger partial charge on any atom is -0.366 e. The Morgan fingerprint density at radius 1 is 1.33 bits per heavy atom. The van der Waals surface area contributed by atoms with Crippen molar-refractivity contribution in [2.24, 2.45) is 0 Å². The number of hydrogen-bond donors (Lipinski definition) is 1. The summed E-state index contributed by atoms with van der Waals surface area (Å²) >= 11 is 3.24. The number of halogens is 1. The largest absolute Gasteiger partial charge is 0.366 e. The van der Waals surface area contributed by atoms with E-state index in [1.807, 2.05) is 32.6 Å². The van der Waals surface area contributed by atoms with Gasteiger partial charge >= 0.3 is 0 Å². The second-order valence-corrected chi connectivity index (χ2v) is 7.49. The highest BCUT2D eigenvalue weighted by Gasteiger charge is 2.39. The molecule has 1 saturated heterocycles. The standard InChI is InChI=1S/C15H21BrN2O3/c1-14(2)8-18(9-15(3,4)21-14)11(19)7-10-5-6-17-13(20)12(10)16/h5-6H,7-9H2,1-4H3,(H,17,20). The maximum Gasteiger partial charge on any atom is 0.262 e. The van der Waals surface area contributed by atoms with Crippen LogP contribution in [0.25, 0.3) is 0 Å². The molecular formula is C15H21BrN2O3. The molecule has 1 aromatic rings. The Balaban J connectivity index is 2.17. The number of morpholine rings is 1. The van der Waals surface area contributed by atoms with Gasteiger partial charge in [0.2, 0.25) is 5.91 Å². The second-order valence-electron chi connectivity index (χ2n) is 6.69. The van der Waals surface area contributed by atoms with Crippen molar-refractivity contribution in [1.82, 2.24) is 9.88 Å². The second kappa shape index (κ2) is 5.57. The van der Waals surface area contributed by atoms with E-state index >= 15 is 0 Å². The Labute approximate surface area is 132 Å². The van der Waals surface area contributed by atoms with Gasteiger partial charge < -0.3 is 14.6 Å². The lowest BCUT2D eigenvalue weighted by Crippen LogP contribution is -2.58. The van der Waals surface area contributed by atoms with Crippen molar-refractivity contribution in [1.29, 1.82) is 0 Å². The van der Waals surface area contributed by atoms with Crippen molar-refractivity contribution in [3.05, 3.63) is 32.7 Å². The lowest BCUT2D eigenvalue weighted by atomic mass is 9.98. The van der Waals surface area contributed by atoms with Gasteiger partial charge in [-0.3, -0.25) is 9.59 Å². The van der Waals surface area contributed by atoms with Crippen LogP contribution in [0.5, 0.6) is 0 Å². The summed E-state index contributed by atoms with van der Waals surface area (Å²) in [6, 6.07) is 1.75. The maximum absolute atomic E-state index is 12.5. The topological polar surface area (TPSA) is 62.4 Å². The number of carbonyl (C=O) groups is 1. The van der Waals surface area contributed by atoms with E-state index in [-0.39, 0.29) is 29.1 Å². The third-order valence-corrected chi connectivity index (χ3v) is 4.24. The molecule has 6 heteroatoms. The number of carbonyl (C=O) groups excluding carboxylic acids is 1. The summed E-state index contributed by atoms with van der Waals surface area (Å²) in [5, 5.41) is 0. The highest BCUT2D eigenvalue weighted by atomic mass is 79.9. The highest BCUT2D eigenvalue weighted by Crippen LogP contribution is 2.28. The molecule has 1 aliphatic rings. The van der Waals surface area contributed by atoms with E-state index < -0.39 is 0 Å². The van der Waals surface area contributed by atoms with E-state index in [0.717, 1.165) is 0 Å². The molecule has 0 aromatic carbocycles. The molecule has 0 saturated carbocycles. The van der Waals surface area contributed by atoms with E-state index in [1.165, 1.54) is 0 Å². The van der Waals surface area contributed by atoms with Crippen LogP contribution in [0.4, 0.5) is 0 Å². The monoisotopic (exact) mass is 356 g/mol. The van der Waals surface area contributed by atoms with Gasteiger partial charge in [-0.15, -0.1) is 0 Å². The molecule has 5 nitrogen and oxygen atoms in total. The molecule has 1 N–H and O–H groups in total. The molecule has 1 fully saturated rings. The summed E-state index contributed by atoms with van der Waals surface area (Å²) in [5.74, 6) is 0.00532. The number of nitrogens with zero attached hydrogens (tertiary/aromatic N) is 1. The predicted octanol–water partition coefficient (Wildman–Crippen LogP) is 2.10. The van der Waals surface area contributed by atoms with Gasteiger partial charge in [-0.25, -0.2) is 0 Å². The molecule has 0 radical (unpaired) electrons. The quantitative estimate of drug-likeness (QED) is 0.882. The zero-order chi connectivity index (χ0) is 15.8. The Bertz CT molecular complexity index is 591. The first-order valence-electron chi connectivity index (χ1n) is 6.94. The third kappa shape index (κ3) is 3.95. The van der Waals surface area contributed by atoms with Crippen molar-refractivity contribution in [2.75, 3.05) is 13.1 Å². The normalized spacial score (nSPS) is 20.3. The van der Waals surface area contributed by atoms with Crippen LogP contribution in [0.1, 0.15) is 33.3 Å². The van der Waals surface area contributed by atoms with Crippen molar-refractivity contribution >= 4 is 21.8 Å². The van der Waals surface area contributed by atoms with Gasteiger partial charge in [0, 0.05) is 19.3 Å². The zero-order valence-electron chi connectivity index (χ0n) is 12.8. The van der Waals surface area contributed by atoms with Crippen molar-refractivity contribution in [3.8, 4) is 0 Å². The van der Waals surface area contributed by atoms with Crippen LogP contribution in [0.2, 0.25) is 0 Å². The van der Waals surface area contributed by atoms with Crippen LogP contribution >= 0.6 is 15.9 Å². The summed E-state index contributed by atoms with van der Waals surface area (Å²) in [7, 11) is 0. The number of pyridine rings is 1. The number of nitrogens with one attached hydrogen (secondary N) is 1. The van der Waals surface area contributed by atoms with Crippen molar-refractivity contribution < 1.29 is 9.53 Å². The number of hydrogen-bond acceptors (Lipinski definition) is 3. The number of aromatic nitrogens is 1. The maximum atomic E-state index is 12.5. The molecule has 0 unspecified atom stereocenters. The molecule has 1 amide bonds. The first-order chi connectivity index (χ1) is 9.60. The zero-order valence-corrected chi connectivity index (χ0v) is 14.4. The molecule has 21 heavy (non-hydrogen) atoms. The van der Waals surface area contributed by atoms with Gasteiger partial charge in [0.05, 0.1) is 22.1 Å². The summed E-state index contributed by atoms with van der Waals surface area (Å²) in [6.07, 6.45) is 1.76. The Morgan fingerprint density at radius 3 is 2.48 bits per heavy atom. The van der Waals surface area contributed by atoms with E-state index in [0.29, 0.717) is 23.1 Å². The van der Waals surface area contributed by atoms with Crippen LogP contribution in [-0.2, 0) is 16.0 Å². The lowest BCUT2D eigenvalue weighted by molar-refractivity contribution is -0.187. The van der Waals surface area contributed by atoms with E-state index in [1.54, 1.807) is 12.3 Å². The molecule has 0 bridgehead atoms. The molecule has 1 aromatic heterocycles. The van der Waals surface area contributed by atoms with Gasteiger partial charge in [0.15, 0.2) is 0 Å². The molecule has 2 heterocycles. The van der Waals surface area contributed by atoms with Gasteiger partial charge in [-0.1, -0.05) is 0 Å². The smallest absolute Gasteiger partial charge is 0.262 e. The highest BCUT2D eigenvalue weighted by molar-refractivity contribution is 9.10. The number of H-pyrrole nitrogens is 1. The number of amides is 1. The number of aromatic amines is 1. The molecule has 0 spiro atoms. The molecule has 0 atom stereocenters. The average molecular weight is 357 g/mol. The lowest BCUT2D eigenvalue weighted by Gasteiger charge is -2.47. The van der Waals surface area contributed by atoms with Crippen LogP contribution in [0.3, 0.4) is 0 Å². The van der Waals surface area contributed by atoms with Crippen LogP contribution in [0, 0.1) is 0 Å². The average Bonchev–Trinajstić information content (AvgIpc) is 2.31. The third-order valence-electron chi connectivity index (χ3n) is 3.37. The van der Waals surface area contributed by atoms with Gasteiger partial charge in [0.1, 0.15) is 0 Å². The first-order valence-corrected chi connectivity index (χ1v) is 7.73. The molecule has 1 aliphatic heterocycles. The fourth-order valence-corrected chi connectivity index (χ4v) is 3.26. The minimum absolute atomic E-state index is 0.00532. The van der Waals surface area contributed by atoms with Crippen molar-refractivity contribution in [3.63, 3.8) is 0 Å². The van der Waals surface area contributed by atoms with Crippen LogP contribution < -0.4 is 5.56 Å². The van der Waals surface area contributed by atoms with E-state index in [9.17, 15) is 9.59 Å². The first kappa shape index (κ1) is 16.2. The summed E-state index contributed by atoms with van der Waals surface area (Å²) in [5.41, 5.74) is -0.264. The van der Waals surface area contributed by atoms with Crippen LogP contribution in [0.15, 0.2) is 21.5 Å². The van der Waals surface area contributed by atoms with Gasteiger partial charge in [-0.05, 0) is 55.3 Å². The fraction of sp³-hybridized carbons (Fsp3) is 0.600. The SMILES string of the molecule is CC1(C)CN(C(=O)Cc2cc[nH]c(=O)c2Br)CC(C)(C)O1. The molecule has 116 valence electrons.